The molecule has 17 heteroatoms. The van der Waals surface area contributed by atoms with E-state index in [-0.39, 0.29) is 72.3 Å². The zero-order chi connectivity index (χ0) is 68.6. The lowest BCUT2D eigenvalue weighted by atomic mass is 10.1. The molecule has 0 aliphatic rings. The number of ether oxygens (including phenoxy) is 5. The Bertz CT molecular complexity index is 1800. The molecule has 0 spiro atoms. The summed E-state index contributed by atoms with van der Waals surface area (Å²) in [6.07, 6.45) is 57.6. The van der Waals surface area contributed by atoms with Gasteiger partial charge in [-0.05, 0) is 31.2 Å². The number of unbranched alkanes of at least 4 members (excludes halogenated alkanes) is 44. The van der Waals surface area contributed by atoms with E-state index in [2.05, 4.69) is 27.7 Å². The van der Waals surface area contributed by atoms with Gasteiger partial charge in [-0.25, -0.2) is 9.13 Å². The number of nitriles is 2. The lowest BCUT2D eigenvalue weighted by molar-refractivity contribution is -0.0593. The van der Waals surface area contributed by atoms with Gasteiger partial charge in [0.25, 0.3) is 0 Å². The van der Waals surface area contributed by atoms with Gasteiger partial charge in [-0.1, -0.05) is 341 Å². The van der Waals surface area contributed by atoms with E-state index in [0.29, 0.717) is 26.4 Å². The maximum atomic E-state index is 14.7. The van der Waals surface area contributed by atoms with E-state index in [9.17, 15) is 19.7 Å². The number of hydrogen-bond acceptors (Lipinski definition) is 15. The van der Waals surface area contributed by atoms with Crippen LogP contribution in [-0.2, 0) is 66.6 Å². The van der Waals surface area contributed by atoms with Gasteiger partial charge in [-0.15, -0.1) is 0 Å². The third-order valence-corrected chi connectivity index (χ3v) is 20.4. The molecule has 0 saturated heterocycles. The Hall–Kier alpha value is -1.78. The molecule has 0 radical (unpaired) electrons. The average molecular weight is 1380 g/mol. The number of hydrogen-bond donors (Lipinski definition) is 0. The quantitative estimate of drug-likeness (QED) is 0.0443. The molecule has 0 fully saturated rings. The molecule has 0 heterocycles. The predicted molar refractivity (Wildman–Crippen MR) is 392 cm³/mol. The van der Waals surface area contributed by atoms with E-state index in [1.165, 1.54) is 244 Å². The molecule has 1 rings (SSSR count). The molecule has 1 aromatic carbocycles. The number of benzene rings is 1. The Balaban J connectivity index is 3.14. The fourth-order valence-electron chi connectivity index (χ4n) is 11.5. The van der Waals surface area contributed by atoms with Crippen molar-refractivity contribution in [2.45, 2.75) is 374 Å². The molecule has 95 heavy (non-hydrogen) atoms. The summed E-state index contributed by atoms with van der Waals surface area (Å²) in [7, 11) is -8.78. The molecular weight excluding hydrogens is 1230 g/mol. The van der Waals surface area contributed by atoms with Crippen molar-refractivity contribution in [3.8, 4) is 12.1 Å². The topological polar surface area (TPSA) is 183 Å². The number of rotatable bonds is 79. The van der Waals surface area contributed by atoms with E-state index >= 15 is 0 Å². The fourth-order valence-corrected chi connectivity index (χ4v) is 13.9. The summed E-state index contributed by atoms with van der Waals surface area (Å²) in [6, 6.07) is 13.6. The second-order valence-electron chi connectivity index (χ2n) is 26.7. The lowest BCUT2D eigenvalue weighted by Gasteiger charge is -2.26. The van der Waals surface area contributed by atoms with Crippen LogP contribution in [0.1, 0.15) is 354 Å². The number of nitrogens with zero attached hydrogens (tertiary/aromatic N) is 2. The smallest absolute Gasteiger partial charge is 0.379 e. The molecule has 1 aromatic rings. The summed E-state index contributed by atoms with van der Waals surface area (Å²) in [5, 5.41) is 19.0. The Morgan fingerprint density at radius 3 is 0.800 bits per heavy atom. The normalized spacial score (nSPS) is 14.0. The first-order valence-electron chi connectivity index (χ1n) is 39.6. The van der Waals surface area contributed by atoms with E-state index in [1.807, 2.05) is 42.5 Å². The summed E-state index contributed by atoms with van der Waals surface area (Å²) in [5.41, 5.74) is 0.847. The summed E-state index contributed by atoms with van der Waals surface area (Å²) in [4.78, 5) is 0. The number of phosphoric acid groups is 2. The fraction of sp³-hybridized carbons (Fsp3) is 0.897. The van der Waals surface area contributed by atoms with Gasteiger partial charge in [0.15, 0.2) is 0 Å². The highest BCUT2D eigenvalue weighted by Crippen LogP contribution is 2.52. The van der Waals surface area contributed by atoms with Crippen LogP contribution in [0.25, 0.3) is 0 Å². The Labute approximate surface area is 584 Å². The van der Waals surface area contributed by atoms with E-state index in [4.69, 9.17) is 50.8 Å². The van der Waals surface area contributed by atoms with Crippen molar-refractivity contribution in [2.75, 3.05) is 79.3 Å². The van der Waals surface area contributed by atoms with Crippen molar-refractivity contribution >= 4 is 15.6 Å². The van der Waals surface area contributed by atoms with Crippen LogP contribution >= 0.6 is 15.6 Å². The minimum Gasteiger partial charge on any atom is -0.379 e. The third kappa shape index (κ3) is 62.9. The molecule has 0 aliphatic heterocycles. The lowest BCUT2D eigenvalue weighted by Crippen LogP contribution is -2.29. The van der Waals surface area contributed by atoms with Crippen molar-refractivity contribution in [3.63, 3.8) is 0 Å². The maximum Gasteiger partial charge on any atom is 0.475 e. The van der Waals surface area contributed by atoms with Crippen LogP contribution in [0.3, 0.4) is 0 Å². The van der Waals surface area contributed by atoms with Crippen molar-refractivity contribution < 1.29 is 60.0 Å². The van der Waals surface area contributed by atoms with Crippen molar-refractivity contribution in [3.05, 3.63) is 35.9 Å². The molecule has 0 bridgehead atoms. The summed E-state index contributed by atoms with van der Waals surface area (Å²) >= 11 is 0. The van der Waals surface area contributed by atoms with Crippen LogP contribution in [0.4, 0.5) is 0 Å². The van der Waals surface area contributed by atoms with Crippen molar-refractivity contribution in [2.24, 2.45) is 0 Å². The van der Waals surface area contributed by atoms with Crippen molar-refractivity contribution in [1.29, 1.82) is 10.5 Å². The molecule has 4 unspecified atom stereocenters. The van der Waals surface area contributed by atoms with Crippen LogP contribution in [0.15, 0.2) is 30.3 Å². The highest BCUT2D eigenvalue weighted by molar-refractivity contribution is 7.48. The standard InChI is InChI=1S/C78H146N2O13P2/c1-5-9-13-17-21-25-29-33-37-41-45-52-62-83-69-76(85-64-54-47-43-39-35-31-27-23-19-15-11-7-3)71-90-94(81,88-66-56-60-79)92-73-78(87-68-75-58-50-49-51-59-75)74-93-95(82,89-67-57-61-80)91-72-77(86-65-55-48-44-40-36-32-28-24-20-16-12-8-4)70-84-63-53-46-42-38-34-30-26-22-18-14-10-6-2/h49-51,58-59,76-78H,5-48,52-57,62-74H2,1-4H3. The second kappa shape index (κ2) is 72.0. The largest absolute Gasteiger partial charge is 0.475 e. The Morgan fingerprint density at radius 2 is 0.537 bits per heavy atom. The maximum absolute atomic E-state index is 14.7. The Kier molecular flexibility index (Phi) is 69.2. The molecular formula is C78H146N2O13P2. The first-order valence-corrected chi connectivity index (χ1v) is 42.5. The van der Waals surface area contributed by atoms with Gasteiger partial charge in [0, 0.05) is 26.4 Å². The van der Waals surface area contributed by atoms with Gasteiger partial charge in [-0.3, -0.25) is 27.1 Å². The summed E-state index contributed by atoms with van der Waals surface area (Å²) in [5.74, 6) is 0. The second-order valence-corrected chi connectivity index (χ2v) is 30.0. The van der Waals surface area contributed by atoms with Gasteiger partial charge >= 0.3 is 15.6 Å². The van der Waals surface area contributed by atoms with E-state index in [1.54, 1.807) is 0 Å². The van der Waals surface area contributed by atoms with Gasteiger partial charge < -0.3 is 23.7 Å². The first kappa shape index (κ1) is 91.2. The molecule has 0 amide bonds. The van der Waals surface area contributed by atoms with E-state index in [0.717, 1.165) is 69.8 Å². The van der Waals surface area contributed by atoms with Crippen LogP contribution in [-0.4, -0.2) is 97.6 Å². The number of phosphoric ester groups is 2. The van der Waals surface area contributed by atoms with Crippen LogP contribution in [0, 0.1) is 22.7 Å². The minimum atomic E-state index is -4.39. The third-order valence-electron chi connectivity index (χ3n) is 17.5. The molecule has 556 valence electrons. The minimum absolute atomic E-state index is 0.0517. The molecule has 0 saturated carbocycles. The van der Waals surface area contributed by atoms with Crippen LogP contribution < -0.4 is 0 Å². The monoisotopic (exact) mass is 1380 g/mol. The highest BCUT2D eigenvalue weighted by atomic mass is 31.2. The SMILES string of the molecule is CCCCCCCCCCCCCCOCC(COP(=O)(OCCC#N)OCC(COP(=O)(OCCC#N)OCC(COCCCCCCCCCCCCCC)OCCCCCCCCCCCCCC)OCc1ccccc1)OCCCCCCCCCCCCCC. The Morgan fingerprint density at radius 1 is 0.295 bits per heavy atom. The molecule has 15 nitrogen and oxygen atoms in total. The molecule has 4 atom stereocenters. The molecule has 0 aliphatic carbocycles. The zero-order valence-corrected chi connectivity index (χ0v) is 63.6. The van der Waals surface area contributed by atoms with Gasteiger partial charge in [-0.2, -0.15) is 10.5 Å². The van der Waals surface area contributed by atoms with Gasteiger partial charge in [0.1, 0.15) is 18.3 Å². The average Bonchev–Trinajstić information content (AvgIpc) is 1.06. The zero-order valence-electron chi connectivity index (χ0n) is 61.8. The van der Waals surface area contributed by atoms with Gasteiger partial charge in [0.2, 0.25) is 0 Å². The first-order chi connectivity index (χ1) is 46.8. The van der Waals surface area contributed by atoms with Gasteiger partial charge in [0.05, 0.1) is 84.4 Å². The van der Waals surface area contributed by atoms with Crippen LogP contribution in [0.2, 0.25) is 0 Å². The molecule has 0 N–H and O–H groups in total. The highest BCUT2D eigenvalue weighted by Gasteiger charge is 2.34. The summed E-state index contributed by atoms with van der Waals surface area (Å²) < 4.78 is 96.7. The molecule has 0 aromatic heterocycles. The van der Waals surface area contributed by atoms with Crippen LogP contribution in [0.5, 0.6) is 0 Å². The van der Waals surface area contributed by atoms with Crippen molar-refractivity contribution in [1.82, 2.24) is 0 Å². The summed E-state index contributed by atoms with van der Waals surface area (Å²) in [6.45, 7) is 10.3. The van der Waals surface area contributed by atoms with E-state index < -0.39 is 34.0 Å². The predicted octanol–water partition coefficient (Wildman–Crippen LogP) is 24.3.